The van der Waals surface area contributed by atoms with Gasteiger partial charge in [-0.05, 0) is 55.0 Å². The Bertz CT molecular complexity index is 1460. The quantitative estimate of drug-likeness (QED) is 0.369. The van der Waals surface area contributed by atoms with Gasteiger partial charge in [-0.2, -0.15) is 0 Å². The predicted molar refractivity (Wildman–Crippen MR) is 123 cm³/mol. The maximum Gasteiger partial charge on any atom is 0.258 e. The van der Waals surface area contributed by atoms with Crippen LogP contribution in [0.5, 0.6) is 0 Å². The van der Waals surface area contributed by atoms with Crippen molar-refractivity contribution in [3.8, 4) is 17.1 Å². The molecule has 0 fully saturated rings. The lowest BCUT2D eigenvalue weighted by Crippen LogP contribution is -2.15. The Morgan fingerprint density at radius 2 is 1.75 bits per heavy atom. The maximum atomic E-state index is 13.4. The molecule has 0 saturated carbocycles. The molecule has 0 radical (unpaired) electrons. The van der Waals surface area contributed by atoms with Crippen LogP contribution in [0.25, 0.3) is 22.7 Å². The van der Waals surface area contributed by atoms with E-state index in [0.29, 0.717) is 28.1 Å². The van der Waals surface area contributed by atoms with Crippen LogP contribution < -0.4 is 5.56 Å². The molecule has 0 spiro atoms. The second-order valence-corrected chi connectivity index (χ2v) is 8.24. The van der Waals surface area contributed by atoms with Crippen LogP contribution in [0.3, 0.4) is 0 Å². The van der Waals surface area contributed by atoms with E-state index in [1.807, 2.05) is 54.0 Å². The summed E-state index contributed by atoms with van der Waals surface area (Å²) in [6.45, 7) is 1.94. The van der Waals surface area contributed by atoms with Crippen LogP contribution in [0.1, 0.15) is 11.3 Å². The molecule has 6 nitrogen and oxygen atoms in total. The van der Waals surface area contributed by atoms with Crippen LogP contribution in [0.2, 0.25) is 0 Å². The van der Waals surface area contributed by atoms with Gasteiger partial charge in [-0.3, -0.25) is 13.8 Å². The highest BCUT2D eigenvalue weighted by molar-refractivity contribution is 7.98. The molecule has 5 rings (SSSR count). The third kappa shape index (κ3) is 3.92. The smallest absolute Gasteiger partial charge is 0.258 e. The predicted octanol–water partition coefficient (Wildman–Crippen LogP) is 4.68. The summed E-state index contributed by atoms with van der Waals surface area (Å²) >= 11 is 1.44. The number of hydrogen-bond donors (Lipinski definition) is 0. The summed E-state index contributed by atoms with van der Waals surface area (Å²) in [5.74, 6) is 0.757. The molecule has 0 aliphatic rings. The Kier molecular flexibility index (Phi) is 5.28. The lowest BCUT2D eigenvalue weighted by molar-refractivity contribution is 0.628. The lowest BCUT2D eigenvalue weighted by atomic mass is 10.2. The van der Waals surface area contributed by atoms with E-state index in [4.69, 9.17) is 0 Å². The summed E-state index contributed by atoms with van der Waals surface area (Å²) < 4.78 is 16.9. The average molecular weight is 444 g/mol. The van der Waals surface area contributed by atoms with Crippen molar-refractivity contribution in [2.75, 3.05) is 0 Å². The number of thioether (sulfide) groups is 1. The van der Waals surface area contributed by atoms with Crippen molar-refractivity contribution >= 4 is 17.4 Å². The van der Waals surface area contributed by atoms with Gasteiger partial charge in [0.15, 0.2) is 11.0 Å². The molecule has 0 aliphatic carbocycles. The summed E-state index contributed by atoms with van der Waals surface area (Å²) in [5.41, 5.74) is 3.79. The fourth-order valence-electron chi connectivity index (χ4n) is 3.43. The van der Waals surface area contributed by atoms with Gasteiger partial charge in [-0.1, -0.05) is 36.0 Å². The number of fused-ring (bicyclic) bond motifs is 1. The number of aromatic nitrogens is 5. The summed E-state index contributed by atoms with van der Waals surface area (Å²) in [6, 6.07) is 21.2. The molecule has 3 aromatic heterocycles. The van der Waals surface area contributed by atoms with Gasteiger partial charge in [0.1, 0.15) is 11.5 Å². The zero-order valence-electron chi connectivity index (χ0n) is 17.1. The molecule has 5 aromatic rings. The molecular formula is C24H18FN5OS. The summed E-state index contributed by atoms with van der Waals surface area (Å²) in [5, 5.41) is 9.39. The standard InChI is InChI=1S/C24H18FN5OS/c1-16-7-12-21-26-19(13-22(31)29(21)14-16)15-32-24-28-27-23(17-8-10-18(25)11-9-17)30(24)20-5-3-2-4-6-20/h2-14H,15H2,1H3. The lowest BCUT2D eigenvalue weighted by Gasteiger charge is -2.10. The van der Waals surface area contributed by atoms with E-state index < -0.39 is 0 Å². The van der Waals surface area contributed by atoms with E-state index in [1.165, 1.54) is 23.9 Å². The fraction of sp³-hybridized carbons (Fsp3) is 0.0833. The summed E-state index contributed by atoms with van der Waals surface area (Å²) in [4.78, 5) is 17.1. The van der Waals surface area contributed by atoms with E-state index in [0.717, 1.165) is 16.8 Å². The number of hydrogen-bond acceptors (Lipinski definition) is 5. The van der Waals surface area contributed by atoms with Gasteiger partial charge in [-0.15, -0.1) is 10.2 Å². The number of para-hydroxylation sites is 1. The molecule has 0 bridgehead atoms. The second kappa shape index (κ2) is 8.39. The van der Waals surface area contributed by atoms with Gasteiger partial charge in [0.2, 0.25) is 0 Å². The first kappa shape index (κ1) is 20.1. The number of halogens is 1. The molecular weight excluding hydrogens is 425 g/mol. The highest BCUT2D eigenvalue weighted by atomic mass is 32.2. The van der Waals surface area contributed by atoms with Crippen molar-refractivity contribution in [1.82, 2.24) is 24.1 Å². The van der Waals surface area contributed by atoms with E-state index >= 15 is 0 Å². The number of benzene rings is 2. The minimum atomic E-state index is -0.307. The molecule has 0 saturated heterocycles. The monoisotopic (exact) mass is 443 g/mol. The topological polar surface area (TPSA) is 65.1 Å². The molecule has 0 N–H and O–H groups in total. The first-order valence-electron chi connectivity index (χ1n) is 9.97. The van der Waals surface area contributed by atoms with Gasteiger partial charge in [0, 0.05) is 29.3 Å². The Hall–Kier alpha value is -3.78. The van der Waals surface area contributed by atoms with Gasteiger partial charge in [0.05, 0.1) is 5.69 Å². The molecule has 0 unspecified atom stereocenters. The molecule has 8 heteroatoms. The third-order valence-corrected chi connectivity index (χ3v) is 5.92. The van der Waals surface area contributed by atoms with Crippen molar-refractivity contribution in [1.29, 1.82) is 0 Å². The van der Waals surface area contributed by atoms with E-state index in [1.54, 1.807) is 28.8 Å². The Morgan fingerprint density at radius 3 is 2.53 bits per heavy atom. The van der Waals surface area contributed by atoms with Crippen LogP contribution in [0.15, 0.2) is 88.9 Å². The molecule has 2 aromatic carbocycles. The molecule has 0 aliphatic heterocycles. The van der Waals surface area contributed by atoms with Gasteiger partial charge < -0.3 is 0 Å². The Labute approximate surface area is 187 Å². The zero-order valence-corrected chi connectivity index (χ0v) is 18.0. The Balaban J connectivity index is 1.51. The van der Waals surface area contributed by atoms with Crippen molar-refractivity contribution < 1.29 is 4.39 Å². The molecule has 0 amide bonds. The number of aryl methyl sites for hydroxylation is 1. The molecule has 32 heavy (non-hydrogen) atoms. The van der Waals surface area contributed by atoms with Gasteiger partial charge in [-0.25, -0.2) is 9.37 Å². The van der Waals surface area contributed by atoms with Crippen LogP contribution in [-0.2, 0) is 5.75 Å². The molecule has 3 heterocycles. The Morgan fingerprint density at radius 1 is 0.969 bits per heavy atom. The highest BCUT2D eigenvalue weighted by Gasteiger charge is 2.17. The minimum Gasteiger partial charge on any atom is -0.270 e. The van der Waals surface area contributed by atoms with Gasteiger partial charge in [0.25, 0.3) is 5.56 Å². The van der Waals surface area contributed by atoms with Crippen molar-refractivity contribution in [3.63, 3.8) is 0 Å². The van der Waals surface area contributed by atoms with Crippen LogP contribution in [-0.4, -0.2) is 24.1 Å². The van der Waals surface area contributed by atoms with Crippen LogP contribution in [0.4, 0.5) is 4.39 Å². The first-order valence-corrected chi connectivity index (χ1v) is 11.0. The van der Waals surface area contributed by atoms with E-state index in [2.05, 4.69) is 15.2 Å². The van der Waals surface area contributed by atoms with Gasteiger partial charge >= 0.3 is 0 Å². The van der Waals surface area contributed by atoms with Crippen molar-refractivity contribution in [2.24, 2.45) is 0 Å². The molecule has 158 valence electrons. The third-order valence-electron chi connectivity index (χ3n) is 4.96. The summed E-state index contributed by atoms with van der Waals surface area (Å²) in [6.07, 6.45) is 1.78. The number of nitrogens with zero attached hydrogens (tertiary/aromatic N) is 5. The highest BCUT2D eigenvalue weighted by Crippen LogP contribution is 2.29. The SMILES string of the molecule is Cc1ccc2nc(CSc3nnc(-c4ccc(F)cc4)n3-c3ccccc3)cc(=O)n2c1. The normalized spacial score (nSPS) is 11.2. The minimum absolute atomic E-state index is 0.120. The second-order valence-electron chi connectivity index (χ2n) is 7.29. The van der Waals surface area contributed by atoms with Crippen molar-refractivity contribution in [3.05, 3.63) is 106 Å². The summed E-state index contributed by atoms with van der Waals surface area (Å²) in [7, 11) is 0. The number of rotatable bonds is 5. The first-order chi connectivity index (χ1) is 15.6. The van der Waals surface area contributed by atoms with E-state index in [-0.39, 0.29) is 11.4 Å². The van der Waals surface area contributed by atoms with E-state index in [9.17, 15) is 9.18 Å². The maximum absolute atomic E-state index is 13.4. The largest absolute Gasteiger partial charge is 0.270 e. The average Bonchev–Trinajstić information content (AvgIpc) is 3.23. The van der Waals surface area contributed by atoms with Crippen LogP contribution in [0, 0.1) is 12.7 Å². The van der Waals surface area contributed by atoms with Crippen LogP contribution >= 0.6 is 11.8 Å². The van der Waals surface area contributed by atoms with Crippen molar-refractivity contribution in [2.45, 2.75) is 17.8 Å². The number of pyridine rings is 1. The molecule has 0 atom stereocenters. The zero-order chi connectivity index (χ0) is 22.1. The fourth-order valence-corrected chi connectivity index (χ4v) is 4.27.